The molecule has 108 valence electrons. The first-order chi connectivity index (χ1) is 9.60. The fourth-order valence-electron chi connectivity index (χ4n) is 2.94. The predicted molar refractivity (Wildman–Crippen MR) is 78.8 cm³/mol. The lowest BCUT2D eigenvalue weighted by molar-refractivity contribution is 0.175. The number of nitrogens with one attached hydrogen (secondary N) is 2. The third-order valence-electron chi connectivity index (χ3n) is 4.03. The van der Waals surface area contributed by atoms with Crippen molar-refractivity contribution < 1.29 is 4.74 Å². The van der Waals surface area contributed by atoms with Crippen molar-refractivity contribution in [2.24, 2.45) is 5.41 Å². The van der Waals surface area contributed by atoms with Gasteiger partial charge in [-0.2, -0.15) is 4.98 Å². The molecule has 2 aromatic rings. The lowest BCUT2D eigenvalue weighted by Gasteiger charge is -2.38. The predicted octanol–water partition coefficient (Wildman–Crippen LogP) is 2.81. The minimum Gasteiger partial charge on any atom is -0.478 e. The molecule has 1 atom stereocenters. The van der Waals surface area contributed by atoms with Gasteiger partial charge in [-0.3, -0.25) is 0 Å². The average Bonchev–Trinajstić information content (AvgIpc) is 2.81. The van der Waals surface area contributed by atoms with Gasteiger partial charge in [0.2, 0.25) is 5.88 Å². The summed E-state index contributed by atoms with van der Waals surface area (Å²) in [6.07, 6.45) is 2.43. The van der Waals surface area contributed by atoms with E-state index in [1.165, 1.54) is 12.8 Å². The van der Waals surface area contributed by atoms with E-state index in [2.05, 4.69) is 34.1 Å². The van der Waals surface area contributed by atoms with Gasteiger partial charge in [-0.25, -0.2) is 4.98 Å². The van der Waals surface area contributed by atoms with Crippen LogP contribution in [0.15, 0.2) is 12.1 Å². The van der Waals surface area contributed by atoms with Gasteiger partial charge in [-0.1, -0.05) is 13.8 Å². The summed E-state index contributed by atoms with van der Waals surface area (Å²) in [5.41, 5.74) is 1.90. The zero-order chi connectivity index (χ0) is 14.2. The van der Waals surface area contributed by atoms with Crippen LogP contribution in [0.2, 0.25) is 0 Å². The summed E-state index contributed by atoms with van der Waals surface area (Å²) < 4.78 is 5.43. The Morgan fingerprint density at radius 2 is 2.20 bits per heavy atom. The highest BCUT2D eigenvalue weighted by Gasteiger charge is 2.35. The van der Waals surface area contributed by atoms with Crippen molar-refractivity contribution in [1.82, 2.24) is 20.3 Å². The topological polar surface area (TPSA) is 62.8 Å². The standard InChI is InChI=1S/C15H22N4O/c1-4-20-11-7-6-10-13(18-11)19-14(17-10)12-15(2,3)8-5-9-16-12/h6-7,12,16H,4-5,8-9H2,1-3H3,(H,17,18,19). The molecule has 1 saturated heterocycles. The molecular weight excluding hydrogens is 252 g/mol. The van der Waals surface area contributed by atoms with Gasteiger partial charge < -0.3 is 15.0 Å². The minimum absolute atomic E-state index is 0.203. The maximum Gasteiger partial charge on any atom is 0.215 e. The molecule has 1 aliphatic rings. The zero-order valence-corrected chi connectivity index (χ0v) is 12.4. The van der Waals surface area contributed by atoms with Crippen molar-refractivity contribution in [3.8, 4) is 5.88 Å². The molecule has 0 saturated carbocycles. The molecule has 0 spiro atoms. The highest BCUT2D eigenvalue weighted by atomic mass is 16.5. The number of piperidine rings is 1. The van der Waals surface area contributed by atoms with Crippen molar-refractivity contribution in [3.63, 3.8) is 0 Å². The minimum atomic E-state index is 0.203. The average molecular weight is 274 g/mol. The fourth-order valence-corrected chi connectivity index (χ4v) is 2.94. The number of hydrogen-bond acceptors (Lipinski definition) is 4. The van der Waals surface area contributed by atoms with Crippen LogP contribution in [0.4, 0.5) is 0 Å². The van der Waals surface area contributed by atoms with Crippen molar-refractivity contribution in [1.29, 1.82) is 0 Å². The molecule has 3 rings (SSSR count). The van der Waals surface area contributed by atoms with E-state index in [1.54, 1.807) is 0 Å². The number of nitrogens with zero attached hydrogens (tertiary/aromatic N) is 2. The van der Waals surface area contributed by atoms with Crippen molar-refractivity contribution in [2.75, 3.05) is 13.2 Å². The fraction of sp³-hybridized carbons (Fsp3) is 0.600. The van der Waals surface area contributed by atoms with E-state index in [4.69, 9.17) is 4.74 Å². The number of ether oxygens (including phenoxy) is 1. The Balaban J connectivity index is 1.95. The third kappa shape index (κ3) is 2.38. The first kappa shape index (κ1) is 13.4. The van der Waals surface area contributed by atoms with Gasteiger partial charge in [0.1, 0.15) is 5.82 Å². The summed E-state index contributed by atoms with van der Waals surface area (Å²) in [6, 6.07) is 4.12. The molecule has 5 heteroatoms. The van der Waals surface area contributed by atoms with Gasteiger partial charge in [0, 0.05) is 6.07 Å². The number of imidazole rings is 1. The van der Waals surface area contributed by atoms with E-state index in [9.17, 15) is 0 Å². The number of aromatic nitrogens is 3. The second-order valence-electron chi connectivity index (χ2n) is 6.05. The summed E-state index contributed by atoms with van der Waals surface area (Å²) in [4.78, 5) is 12.5. The number of pyridine rings is 1. The summed E-state index contributed by atoms with van der Waals surface area (Å²) in [5.74, 6) is 1.61. The Bertz CT molecular complexity index is 605. The van der Waals surface area contributed by atoms with Gasteiger partial charge in [0.25, 0.3) is 0 Å². The van der Waals surface area contributed by atoms with Crippen LogP contribution in [0.25, 0.3) is 11.2 Å². The van der Waals surface area contributed by atoms with E-state index in [0.29, 0.717) is 12.5 Å². The van der Waals surface area contributed by atoms with Crippen molar-refractivity contribution in [2.45, 2.75) is 39.7 Å². The normalized spacial score (nSPS) is 22.1. The number of rotatable bonds is 3. The van der Waals surface area contributed by atoms with Crippen LogP contribution in [-0.4, -0.2) is 28.1 Å². The smallest absolute Gasteiger partial charge is 0.215 e. The molecule has 2 aromatic heterocycles. The molecule has 0 radical (unpaired) electrons. The van der Waals surface area contributed by atoms with Crippen LogP contribution >= 0.6 is 0 Å². The van der Waals surface area contributed by atoms with Crippen LogP contribution in [0.1, 0.15) is 45.5 Å². The van der Waals surface area contributed by atoms with Crippen molar-refractivity contribution in [3.05, 3.63) is 18.0 Å². The SMILES string of the molecule is CCOc1ccc2[nH]c(C3NCCCC3(C)C)nc2n1. The van der Waals surface area contributed by atoms with Crippen LogP contribution in [-0.2, 0) is 0 Å². The third-order valence-corrected chi connectivity index (χ3v) is 4.03. The van der Waals surface area contributed by atoms with Crippen LogP contribution in [0.3, 0.4) is 0 Å². The monoisotopic (exact) mass is 274 g/mol. The second kappa shape index (κ2) is 5.05. The van der Waals surface area contributed by atoms with Gasteiger partial charge >= 0.3 is 0 Å². The van der Waals surface area contributed by atoms with Gasteiger partial charge in [-0.05, 0) is 37.8 Å². The molecule has 0 aliphatic carbocycles. The van der Waals surface area contributed by atoms with E-state index >= 15 is 0 Å². The molecule has 1 aliphatic heterocycles. The largest absolute Gasteiger partial charge is 0.478 e. The van der Waals surface area contributed by atoms with Crippen LogP contribution in [0, 0.1) is 5.41 Å². The highest BCUT2D eigenvalue weighted by molar-refractivity contribution is 5.71. The Kier molecular flexibility index (Phi) is 3.38. The summed E-state index contributed by atoms with van der Waals surface area (Å²) >= 11 is 0. The number of aromatic amines is 1. The van der Waals surface area contributed by atoms with Crippen molar-refractivity contribution >= 4 is 11.2 Å². The molecule has 20 heavy (non-hydrogen) atoms. The molecule has 1 fully saturated rings. The number of H-pyrrole nitrogens is 1. The Morgan fingerprint density at radius 1 is 1.35 bits per heavy atom. The van der Waals surface area contributed by atoms with E-state index < -0.39 is 0 Å². The zero-order valence-electron chi connectivity index (χ0n) is 12.4. The quantitative estimate of drug-likeness (QED) is 0.903. The maximum atomic E-state index is 5.43. The van der Waals surface area contributed by atoms with Gasteiger partial charge in [0.15, 0.2) is 5.65 Å². The molecule has 1 unspecified atom stereocenters. The lowest BCUT2D eigenvalue weighted by Crippen LogP contribution is -2.40. The molecular formula is C15H22N4O. The first-order valence-corrected chi connectivity index (χ1v) is 7.33. The molecule has 0 amide bonds. The molecule has 0 bridgehead atoms. The van der Waals surface area contributed by atoms with Gasteiger partial charge in [-0.15, -0.1) is 0 Å². The molecule has 3 heterocycles. The summed E-state index contributed by atoms with van der Waals surface area (Å²) in [7, 11) is 0. The molecule has 5 nitrogen and oxygen atoms in total. The molecule has 0 aromatic carbocycles. The Morgan fingerprint density at radius 3 is 2.95 bits per heavy atom. The lowest BCUT2D eigenvalue weighted by atomic mass is 9.77. The number of fused-ring (bicyclic) bond motifs is 1. The highest BCUT2D eigenvalue weighted by Crippen LogP contribution is 2.39. The summed E-state index contributed by atoms with van der Waals surface area (Å²) in [5, 5.41) is 3.57. The molecule has 2 N–H and O–H groups in total. The van der Waals surface area contributed by atoms with Gasteiger partial charge in [0.05, 0.1) is 18.2 Å². The Labute approximate surface area is 119 Å². The van der Waals surface area contributed by atoms with E-state index in [-0.39, 0.29) is 11.5 Å². The van der Waals surface area contributed by atoms with Crippen LogP contribution < -0.4 is 10.1 Å². The van der Waals surface area contributed by atoms with E-state index in [1.807, 2.05) is 19.1 Å². The number of hydrogen-bond donors (Lipinski definition) is 2. The second-order valence-corrected chi connectivity index (χ2v) is 6.05. The Hall–Kier alpha value is -1.62. The maximum absolute atomic E-state index is 5.43. The first-order valence-electron chi connectivity index (χ1n) is 7.33. The van der Waals surface area contributed by atoms with Crippen LogP contribution in [0.5, 0.6) is 5.88 Å². The van der Waals surface area contributed by atoms with E-state index in [0.717, 1.165) is 23.5 Å². The summed E-state index contributed by atoms with van der Waals surface area (Å²) in [6.45, 7) is 8.19.